The van der Waals surface area contributed by atoms with Gasteiger partial charge in [-0.3, -0.25) is 4.79 Å². The molecule has 0 saturated heterocycles. The zero-order valence-electron chi connectivity index (χ0n) is 7.47. The summed E-state index contributed by atoms with van der Waals surface area (Å²) in [6, 6.07) is 4.42. The standard InChI is InChI=1S/C10H10BrFO/c1-6(2)10(13)7-3-4-8(11)9(12)5-7/h3-6H,1-2H3. The summed E-state index contributed by atoms with van der Waals surface area (Å²) in [6.07, 6.45) is 0. The largest absolute Gasteiger partial charge is 0.294 e. The van der Waals surface area contributed by atoms with Crippen LogP contribution in [0.4, 0.5) is 4.39 Å². The minimum atomic E-state index is -0.397. The number of hydrogen-bond acceptors (Lipinski definition) is 1. The molecule has 0 heterocycles. The number of halogens is 2. The van der Waals surface area contributed by atoms with E-state index in [0.29, 0.717) is 10.0 Å². The second kappa shape index (κ2) is 4.01. The van der Waals surface area contributed by atoms with Gasteiger partial charge >= 0.3 is 0 Å². The van der Waals surface area contributed by atoms with Crippen molar-refractivity contribution in [2.45, 2.75) is 13.8 Å². The van der Waals surface area contributed by atoms with E-state index in [-0.39, 0.29) is 11.7 Å². The topological polar surface area (TPSA) is 17.1 Å². The lowest BCUT2D eigenvalue weighted by atomic mass is 10.0. The quantitative estimate of drug-likeness (QED) is 0.729. The summed E-state index contributed by atoms with van der Waals surface area (Å²) in [6.45, 7) is 3.59. The summed E-state index contributed by atoms with van der Waals surface area (Å²) in [5.41, 5.74) is 0.427. The fourth-order valence-electron chi connectivity index (χ4n) is 0.983. The average Bonchev–Trinajstić information content (AvgIpc) is 2.08. The van der Waals surface area contributed by atoms with E-state index >= 15 is 0 Å². The molecule has 0 radical (unpaired) electrons. The third-order valence-electron chi connectivity index (χ3n) is 1.73. The maximum absolute atomic E-state index is 13.0. The van der Waals surface area contributed by atoms with E-state index in [1.54, 1.807) is 26.0 Å². The minimum Gasteiger partial charge on any atom is -0.294 e. The first-order chi connectivity index (χ1) is 6.02. The van der Waals surface area contributed by atoms with E-state index in [2.05, 4.69) is 15.9 Å². The monoisotopic (exact) mass is 244 g/mol. The molecule has 0 bridgehead atoms. The third kappa shape index (κ3) is 2.37. The van der Waals surface area contributed by atoms with Crippen molar-refractivity contribution in [3.05, 3.63) is 34.1 Å². The van der Waals surface area contributed by atoms with Gasteiger partial charge in [0.2, 0.25) is 0 Å². The first-order valence-corrected chi connectivity index (χ1v) is 4.81. The smallest absolute Gasteiger partial charge is 0.165 e. The van der Waals surface area contributed by atoms with Crippen LogP contribution >= 0.6 is 15.9 Å². The summed E-state index contributed by atoms with van der Waals surface area (Å²) >= 11 is 3.03. The molecule has 13 heavy (non-hydrogen) atoms. The van der Waals surface area contributed by atoms with E-state index in [9.17, 15) is 9.18 Å². The predicted octanol–water partition coefficient (Wildman–Crippen LogP) is 3.43. The van der Waals surface area contributed by atoms with Gasteiger partial charge in [0, 0.05) is 11.5 Å². The van der Waals surface area contributed by atoms with E-state index in [1.165, 1.54) is 6.07 Å². The molecule has 0 saturated carbocycles. The maximum Gasteiger partial charge on any atom is 0.165 e. The van der Waals surface area contributed by atoms with Gasteiger partial charge in [-0.1, -0.05) is 19.9 Å². The van der Waals surface area contributed by atoms with Crippen LogP contribution in [0.25, 0.3) is 0 Å². The number of hydrogen-bond donors (Lipinski definition) is 0. The first-order valence-electron chi connectivity index (χ1n) is 4.01. The van der Waals surface area contributed by atoms with Crippen molar-refractivity contribution in [3.8, 4) is 0 Å². The molecule has 0 aliphatic heterocycles. The van der Waals surface area contributed by atoms with Gasteiger partial charge in [0.05, 0.1) is 4.47 Å². The van der Waals surface area contributed by atoms with Crippen LogP contribution in [0.2, 0.25) is 0 Å². The maximum atomic E-state index is 13.0. The van der Waals surface area contributed by atoms with Gasteiger partial charge in [-0.2, -0.15) is 0 Å². The van der Waals surface area contributed by atoms with Gasteiger partial charge in [-0.25, -0.2) is 4.39 Å². The van der Waals surface area contributed by atoms with Gasteiger partial charge in [0.15, 0.2) is 5.78 Å². The van der Waals surface area contributed by atoms with Crippen molar-refractivity contribution in [3.63, 3.8) is 0 Å². The van der Waals surface area contributed by atoms with Crippen LogP contribution in [0.5, 0.6) is 0 Å². The van der Waals surface area contributed by atoms with Gasteiger partial charge in [-0.15, -0.1) is 0 Å². The van der Waals surface area contributed by atoms with Crippen LogP contribution in [-0.4, -0.2) is 5.78 Å². The number of benzene rings is 1. The number of carbonyl (C=O) groups excluding carboxylic acids is 1. The lowest BCUT2D eigenvalue weighted by molar-refractivity contribution is 0.0939. The summed E-state index contributed by atoms with van der Waals surface area (Å²) in [5, 5.41) is 0. The Bertz CT molecular complexity index is 334. The van der Waals surface area contributed by atoms with Gasteiger partial charge < -0.3 is 0 Å². The molecule has 0 aromatic heterocycles. The molecule has 70 valence electrons. The molecule has 3 heteroatoms. The van der Waals surface area contributed by atoms with Crippen molar-refractivity contribution < 1.29 is 9.18 Å². The van der Waals surface area contributed by atoms with Gasteiger partial charge in [0.25, 0.3) is 0 Å². The van der Waals surface area contributed by atoms with E-state index in [0.717, 1.165) is 0 Å². The molecule has 0 amide bonds. The second-order valence-corrected chi connectivity index (χ2v) is 4.00. The Morgan fingerprint density at radius 1 is 1.46 bits per heavy atom. The number of carbonyl (C=O) groups is 1. The fourth-order valence-corrected chi connectivity index (χ4v) is 1.23. The van der Waals surface area contributed by atoms with E-state index < -0.39 is 5.82 Å². The van der Waals surface area contributed by atoms with E-state index in [4.69, 9.17) is 0 Å². The molecule has 0 spiro atoms. The Kier molecular flexibility index (Phi) is 3.20. The molecule has 0 N–H and O–H groups in total. The highest BCUT2D eigenvalue weighted by Gasteiger charge is 2.11. The highest BCUT2D eigenvalue weighted by molar-refractivity contribution is 9.10. The summed E-state index contributed by atoms with van der Waals surface area (Å²) in [5.74, 6) is -0.529. The Morgan fingerprint density at radius 2 is 2.08 bits per heavy atom. The summed E-state index contributed by atoms with van der Waals surface area (Å²) in [7, 11) is 0. The molecule has 1 rings (SSSR count). The van der Waals surface area contributed by atoms with Crippen LogP contribution in [0, 0.1) is 11.7 Å². The molecule has 0 aliphatic rings. The van der Waals surface area contributed by atoms with Crippen LogP contribution in [0.3, 0.4) is 0 Å². The highest BCUT2D eigenvalue weighted by atomic mass is 79.9. The molecular weight excluding hydrogens is 235 g/mol. The molecule has 0 aliphatic carbocycles. The molecule has 1 aromatic rings. The van der Waals surface area contributed by atoms with Gasteiger partial charge in [-0.05, 0) is 28.1 Å². The Hall–Kier alpha value is -0.700. The van der Waals surface area contributed by atoms with Crippen LogP contribution in [0.15, 0.2) is 22.7 Å². The zero-order chi connectivity index (χ0) is 10.0. The molecule has 0 unspecified atom stereocenters. The first kappa shape index (κ1) is 10.4. The molecule has 1 aromatic carbocycles. The SMILES string of the molecule is CC(C)C(=O)c1ccc(Br)c(F)c1. The molecule has 0 fully saturated rings. The number of rotatable bonds is 2. The Morgan fingerprint density at radius 3 is 2.54 bits per heavy atom. The van der Waals surface area contributed by atoms with Crippen molar-refractivity contribution in [2.75, 3.05) is 0 Å². The van der Waals surface area contributed by atoms with Crippen LogP contribution < -0.4 is 0 Å². The van der Waals surface area contributed by atoms with Crippen LogP contribution in [-0.2, 0) is 0 Å². The minimum absolute atomic E-state index is 0.0357. The Balaban J connectivity index is 3.04. The molecule has 0 atom stereocenters. The fraction of sp³-hybridized carbons (Fsp3) is 0.300. The highest BCUT2D eigenvalue weighted by Crippen LogP contribution is 2.18. The second-order valence-electron chi connectivity index (χ2n) is 3.15. The van der Waals surface area contributed by atoms with Crippen molar-refractivity contribution in [2.24, 2.45) is 5.92 Å². The lowest BCUT2D eigenvalue weighted by Crippen LogP contribution is -2.07. The van der Waals surface area contributed by atoms with Crippen molar-refractivity contribution in [1.82, 2.24) is 0 Å². The molecular formula is C10H10BrFO. The molecule has 1 nitrogen and oxygen atoms in total. The van der Waals surface area contributed by atoms with Gasteiger partial charge in [0.1, 0.15) is 5.82 Å². The van der Waals surface area contributed by atoms with Crippen molar-refractivity contribution in [1.29, 1.82) is 0 Å². The Labute approximate surface area is 85.1 Å². The average molecular weight is 245 g/mol. The number of Topliss-reactive ketones (excluding diaryl/α,β-unsaturated/α-hetero) is 1. The van der Waals surface area contributed by atoms with Crippen molar-refractivity contribution >= 4 is 21.7 Å². The summed E-state index contributed by atoms with van der Waals surface area (Å²) in [4.78, 5) is 11.4. The van der Waals surface area contributed by atoms with E-state index in [1.807, 2.05) is 0 Å². The zero-order valence-corrected chi connectivity index (χ0v) is 9.06. The lowest BCUT2D eigenvalue weighted by Gasteiger charge is -2.04. The summed E-state index contributed by atoms with van der Waals surface area (Å²) < 4.78 is 13.4. The number of ketones is 1. The third-order valence-corrected chi connectivity index (χ3v) is 2.37. The normalized spacial score (nSPS) is 10.5. The van der Waals surface area contributed by atoms with Crippen LogP contribution in [0.1, 0.15) is 24.2 Å². The predicted molar refractivity (Wildman–Crippen MR) is 53.3 cm³/mol.